The molecule has 0 bridgehead atoms. The molecule has 0 amide bonds. The summed E-state index contributed by atoms with van der Waals surface area (Å²) in [5, 5.41) is 3.45. The number of ether oxygens (including phenoxy) is 1. The first kappa shape index (κ1) is 16.7. The van der Waals surface area contributed by atoms with Crippen LogP contribution in [0.4, 0.5) is 5.82 Å². The molecule has 1 aromatic rings. The fraction of sp³-hybridized carbons (Fsp3) is 0.643. The maximum absolute atomic E-state index is 11.8. The number of methoxy groups -OCH3 is 1. The van der Waals surface area contributed by atoms with E-state index in [-0.39, 0.29) is 11.9 Å². The summed E-state index contributed by atoms with van der Waals surface area (Å²) < 4.78 is 4.82. The minimum Gasteiger partial charge on any atom is -0.467 e. The lowest BCUT2D eigenvalue weighted by Crippen LogP contribution is -2.32. The summed E-state index contributed by atoms with van der Waals surface area (Å²) in [7, 11) is 1.38. The van der Waals surface area contributed by atoms with Crippen molar-refractivity contribution >= 4 is 23.4 Å². The zero-order valence-electron chi connectivity index (χ0n) is 12.6. The molecule has 5 nitrogen and oxygen atoms in total. The minimum atomic E-state index is -0.439. The van der Waals surface area contributed by atoms with E-state index in [1.54, 1.807) is 6.07 Å². The summed E-state index contributed by atoms with van der Waals surface area (Å²) in [4.78, 5) is 20.3. The average Bonchev–Trinajstić information content (AvgIpc) is 2.35. The smallest absolute Gasteiger partial charge is 0.328 e. The number of carbonyl (C=O) groups excluding carboxylic acids is 1. The van der Waals surface area contributed by atoms with Gasteiger partial charge in [0, 0.05) is 12.0 Å². The van der Waals surface area contributed by atoms with E-state index in [0.717, 1.165) is 0 Å². The van der Waals surface area contributed by atoms with Crippen LogP contribution in [0.2, 0.25) is 5.15 Å². The van der Waals surface area contributed by atoms with Crippen LogP contribution in [0.15, 0.2) is 6.07 Å². The molecule has 112 valence electrons. The Kier molecular flexibility index (Phi) is 6.20. The van der Waals surface area contributed by atoms with Gasteiger partial charge in [-0.25, -0.2) is 14.8 Å². The van der Waals surface area contributed by atoms with Crippen molar-refractivity contribution in [2.75, 3.05) is 12.4 Å². The van der Waals surface area contributed by atoms with Gasteiger partial charge >= 0.3 is 5.97 Å². The van der Waals surface area contributed by atoms with Gasteiger partial charge in [-0.3, -0.25) is 0 Å². The molecule has 1 aromatic heterocycles. The van der Waals surface area contributed by atoms with Crippen molar-refractivity contribution in [3.63, 3.8) is 0 Å². The predicted molar refractivity (Wildman–Crippen MR) is 80.0 cm³/mol. The summed E-state index contributed by atoms with van der Waals surface area (Å²) in [6, 6.07) is 1.18. The fourth-order valence-electron chi connectivity index (χ4n) is 1.77. The van der Waals surface area contributed by atoms with Gasteiger partial charge in [0.1, 0.15) is 22.8 Å². The second kappa shape index (κ2) is 7.43. The molecular weight excluding hydrogens is 278 g/mol. The van der Waals surface area contributed by atoms with E-state index in [9.17, 15) is 4.79 Å². The number of nitrogens with zero attached hydrogens (tertiary/aromatic N) is 2. The Morgan fingerprint density at radius 2 is 2.00 bits per heavy atom. The van der Waals surface area contributed by atoms with Crippen molar-refractivity contribution in [1.29, 1.82) is 0 Å². The molecule has 0 aliphatic heterocycles. The van der Waals surface area contributed by atoms with Crippen molar-refractivity contribution in [2.24, 2.45) is 5.92 Å². The number of hydrogen-bond acceptors (Lipinski definition) is 5. The van der Waals surface area contributed by atoms with Gasteiger partial charge in [-0.05, 0) is 12.3 Å². The highest BCUT2D eigenvalue weighted by molar-refractivity contribution is 6.29. The van der Waals surface area contributed by atoms with E-state index in [1.807, 2.05) is 27.7 Å². The summed E-state index contributed by atoms with van der Waals surface area (Å²) in [6.07, 6.45) is 0.658. The van der Waals surface area contributed by atoms with Crippen molar-refractivity contribution < 1.29 is 9.53 Å². The number of hydrogen-bond donors (Lipinski definition) is 1. The standard InChI is InChI=1S/C14H22ClN3O2/c1-8(2)6-10(14(19)20-5)16-12-7-11(15)17-13(18-12)9(3)4/h7-10H,6H2,1-5H3,(H,16,17,18). The summed E-state index contributed by atoms with van der Waals surface area (Å²) in [6.45, 7) is 8.07. The second-order valence-corrected chi connectivity index (χ2v) is 5.83. The van der Waals surface area contributed by atoms with Crippen molar-refractivity contribution in [3.05, 3.63) is 17.0 Å². The normalized spacial score (nSPS) is 12.6. The van der Waals surface area contributed by atoms with E-state index in [2.05, 4.69) is 15.3 Å². The first-order valence-electron chi connectivity index (χ1n) is 6.72. The topological polar surface area (TPSA) is 64.1 Å². The molecular formula is C14H22ClN3O2. The maximum Gasteiger partial charge on any atom is 0.328 e. The van der Waals surface area contributed by atoms with E-state index >= 15 is 0 Å². The molecule has 0 radical (unpaired) electrons. The molecule has 1 unspecified atom stereocenters. The molecule has 0 aliphatic carbocycles. The highest BCUT2D eigenvalue weighted by atomic mass is 35.5. The molecule has 0 fully saturated rings. The van der Waals surface area contributed by atoms with Crippen LogP contribution in [0.3, 0.4) is 0 Å². The van der Waals surface area contributed by atoms with Crippen LogP contribution in [-0.2, 0) is 9.53 Å². The highest BCUT2D eigenvalue weighted by Crippen LogP contribution is 2.19. The Bertz CT molecular complexity index is 464. The molecule has 1 heterocycles. The molecule has 0 spiro atoms. The Morgan fingerprint density at radius 1 is 1.35 bits per heavy atom. The van der Waals surface area contributed by atoms with Gasteiger partial charge in [-0.15, -0.1) is 0 Å². The van der Waals surface area contributed by atoms with Crippen LogP contribution in [0, 0.1) is 5.92 Å². The Labute approximate surface area is 125 Å². The third-order valence-corrected chi connectivity index (χ3v) is 2.94. The van der Waals surface area contributed by atoms with Crippen molar-refractivity contribution in [3.8, 4) is 0 Å². The van der Waals surface area contributed by atoms with E-state index in [1.165, 1.54) is 7.11 Å². The maximum atomic E-state index is 11.8. The molecule has 0 saturated heterocycles. The van der Waals surface area contributed by atoms with Gasteiger partial charge in [0.05, 0.1) is 7.11 Å². The molecule has 0 aromatic carbocycles. The number of halogens is 1. The zero-order chi connectivity index (χ0) is 15.3. The molecule has 1 atom stereocenters. The van der Waals surface area contributed by atoms with Gasteiger partial charge in [0.25, 0.3) is 0 Å². The SMILES string of the molecule is COC(=O)C(CC(C)C)Nc1cc(Cl)nc(C(C)C)n1. The van der Waals surface area contributed by atoms with Crippen LogP contribution in [0.5, 0.6) is 0 Å². The zero-order valence-corrected chi connectivity index (χ0v) is 13.4. The summed E-state index contributed by atoms with van der Waals surface area (Å²) in [5.41, 5.74) is 0. The molecule has 0 saturated carbocycles. The summed E-state index contributed by atoms with van der Waals surface area (Å²) in [5.74, 6) is 1.40. The number of nitrogens with one attached hydrogen (secondary N) is 1. The number of carbonyl (C=O) groups is 1. The Balaban J connectivity index is 2.95. The molecule has 1 N–H and O–H groups in total. The van der Waals surface area contributed by atoms with Crippen molar-refractivity contribution in [1.82, 2.24) is 9.97 Å². The molecule has 20 heavy (non-hydrogen) atoms. The molecule has 0 aliphatic rings. The number of rotatable bonds is 6. The largest absolute Gasteiger partial charge is 0.467 e. The number of aromatic nitrogens is 2. The second-order valence-electron chi connectivity index (χ2n) is 5.44. The Morgan fingerprint density at radius 3 is 2.50 bits per heavy atom. The lowest BCUT2D eigenvalue weighted by Gasteiger charge is -2.19. The lowest BCUT2D eigenvalue weighted by atomic mass is 10.0. The van der Waals surface area contributed by atoms with Crippen LogP contribution in [0.25, 0.3) is 0 Å². The Hall–Kier alpha value is -1.36. The molecule has 1 rings (SSSR count). The minimum absolute atomic E-state index is 0.163. The fourth-order valence-corrected chi connectivity index (χ4v) is 1.96. The van der Waals surface area contributed by atoms with E-state index in [0.29, 0.717) is 29.1 Å². The van der Waals surface area contributed by atoms with Crippen LogP contribution in [0.1, 0.15) is 45.9 Å². The van der Waals surface area contributed by atoms with Crippen LogP contribution in [-0.4, -0.2) is 29.1 Å². The van der Waals surface area contributed by atoms with Crippen LogP contribution < -0.4 is 5.32 Å². The quantitative estimate of drug-likeness (QED) is 0.645. The molecule has 6 heteroatoms. The van der Waals surface area contributed by atoms with Gasteiger partial charge in [-0.2, -0.15) is 0 Å². The van der Waals surface area contributed by atoms with Gasteiger partial charge in [-0.1, -0.05) is 39.3 Å². The summed E-state index contributed by atoms with van der Waals surface area (Å²) >= 11 is 5.99. The van der Waals surface area contributed by atoms with E-state index < -0.39 is 6.04 Å². The monoisotopic (exact) mass is 299 g/mol. The van der Waals surface area contributed by atoms with Crippen molar-refractivity contribution in [2.45, 2.75) is 46.1 Å². The third-order valence-electron chi connectivity index (χ3n) is 2.74. The lowest BCUT2D eigenvalue weighted by molar-refractivity contribution is -0.141. The first-order valence-corrected chi connectivity index (χ1v) is 7.10. The first-order chi connectivity index (χ1) is 9.33. The van der Waals surface area contributed by atoms with Gasteiger partial charge < -0.3 is 10.1 Å². The van der Waals surface area contributed by atoms with Gasteiger partial charge in [0.15, 0.2) is 0 Å². The number of esters is 1. The predicted octanol–water partition coefficient (Wildman–Crippen LogP) is 3.25. The van der Waals surface area contributed by atoms with Crippen LogP contribution >= 0.6 is 11.6 Å². The number of anilines is 1. The third kappa shape index (κ3) is 4.96. The van der Waals surface area contributed by atoms with E-state index in [4.69, 9.17) is 16.3 Å². The average molecular weight is 300 g/mol. The van der Waals surface area contributed by atoms with Gasteiger partial charge in [0.2, 0.25) is 0 Å². The highest BCUT2D eigenvalue weighted by Gasteiger charge is 2.21.